The second-order valence-corrected chi connectivity index (χ2v) is 3.66. The van der Waals surface area contributed by atoms with Gasteiger partial charge in [-0.05, 0) is 11.6 Å². The predicted octanol–water partition coefficient (Wildman–Crippen LogP) is 0.902. The van der Waals surface area contributed by atoms with Gasteiger partial charge in [0.25, 0.3) is 0 Å². The fourth-order valence-corrected chi connectivity index (χ4v) is 1.72. The summed E-state index contributed by atoms with van der Waals surface area (Å²) >= 11 is 0. The Balaban J connectivity index is 2.28. The van der Waals surface area contributed by atoms with E-state index in [1.807, 2.05) is 24.3 Å². The molecule has 1 saturated heterocycles. The van der Waals surface area contributed by atoms with Crippen LogP contribution in [0, 0.1) is 0 Å². The first-order valence-electron chi connectivity index (χ1n) is 5.35. The number of benzene rings is 1. The van der Waals surface area contributed by atoms with Gasteiger partial charge in [0.15, 0.2) is 0 Å². The van der Waals surface area contributed by atoms with Gasteiger partial charge in [0, 0.05) is 5.56 Å². The van der Waals surface area contributed by atoms with Crippen LogP contribution in [0.25, 0.3) is 0 Å². The van der Waals surface area contributed by atoms with E-state index in [0.29, 0.717) is 12.3 Å². The molecule has 0 aliphatic carbocycles. The van der Waals surface area contributed by atoms with Crippen LogP contribution in [0.2, 0.25) is 0 Å². The molecule has 1 N–H and O–H groups in total. The Kier molecular flexibility index (Phi) is 4.08. The maximum absolute atomic E-state index is 9.11. The van der Waals surface area contributed by atoms with Gasteiger partial charge in [-0.25, -0.2) is 0 Å². The molecule has 1 heterocycles. The minimum Gasteiger partial charge on any atom is -0.399 e. The summed E-state index contributed by atoms with van der Waals surface area (Å²) in [6.45, 7) is 0.731. The highest BCUT2D eigenvalue weighted by Crippen LogP contribution is 2.14. The van der Waals surface area contributed by atoms with Gasteiger partial charge in [-0.2, -0.15) is 0 Å². The molecular weight excluding hydrogens is 222 g/mol. The van der Waals surface area contributed by atoms with Crippen molar-refractivity contribution in [3.8, 4) is 0 Å². The number of nitrogens with zero attached hydrogens (tertiary/aromatic N) is 1. The zero-order chi connectivity index (χ0) is 12.1. The molecule has 1 fully saturated rings. The van der Waals surface area contributed by atoms with Gasteiger partial charge in [0.05, 0.1) is 13.2 Å². The normalized spacial score (nSPS) is 20.6. The Hall–Kier alpha value is -1.43. The molecule has 0 saturated carbocycles. The number of oxime groups is 1. The Labute approximate surface area is 99.6 Å². The fraction of sp³-hybridized carbons (Fsp3) is 0.417. The monoisotopic (exact) mass is 237 g/mol. The minimum absolute atomic E-state index is 0.00384. The topological polar surface area (TPSA) is 60.3 Å². The van der Waals surface area contributed by atoms with Gasteiger partial charge in [0.1, 0.15) is 25.7 Å². The van der Waals surface area contributed by atoms with Crippen LogP contribution in [0.3, 0.4) is 0 Å². The summed E-state index contributed by atoms with van der Waals surface area (Å²) in [5.74, 6) is 0. The van der Waals surface area contributed by atoms with E-state index in [2.05, 4.69) is 5.16 Å². The highest BCUT2D eigenvalue weighted by atomic mass is 16.7. The minimum atomic E-state index is -0.219. The van der Waals surface area contributed by atoms with Gasteiger partial charge in [0.2, 0.25) is 0 Å². The highest BCUT2D eigenvalue weighted by molar-refractivity contribution is 6.03. The maximum Gasteiger partial charge on any atom is 0.147 e. The molecule has 0 aromatic heterocycles. The second-order valence-electron chi connectivity index (χ2n) is 3.66. The lowest BCUT2D eigenvalue weighted by molar-refractivity contribution is 0.0598. The van der Waals surface area contributed by atoms with Crippen LogP contribution >= 0.6 is 0 Å². The van der Waals surface area contributed by atoms with Gasteiger partial charge in [-0.3, -0.25) is 0 Å². The molecule has 92 valence electrons. The third kappa shape index (κ3) is 2.82. The van der Waals surface area contributed by atoms with Gasteiger partial charge in [-0.15, -0.1) is 0 Å². The van der Waals surface area contributed by atoms with Gasteiger partial charge >= 0.3 is 0 Å². The van der Waals surface area contributed by atoms with E-state index in [4.69, 9.17) is 19.4 Å². The SMILES string of the molecule is CON=C(c1cccc(CO)c1)[C@@H]1COCO1. The molecule has 1 atom stereocenters. The average Bonchev–Trinajstić information content (AvgIpc) is 2.89. The lowest BCUT2D eigenvalue weighted by atomic mass is 10.0. The molecule has 0 amide bonds. The van der Waals surface area contributed by atoms with E-state index < -0.39 is 0 Å². The summed E-state index contributed by atoms with van der Waals surface area (Å²) in [6, 6.07) is 7.47. The van der Waals surface area contributed by atoms with E-state index in [-0.39, 0.29) is 19.5 Å². The number of rotatable bonds is 4. The number of ether oxygens (including phenoxy) is 2. The van der Waals surface area contributed by atoms with E-state index in [9.17, 15) is 0 Å². The largest absolute Gasteiger partial charge is 0.399 e. The summed E-state index contributed by atoms with van der Waals surface area (Å²) in [5.41, 5.74) is 2.37. The molecule has 1 aromatic carbocycles. The smallest absolute Gasteiger partial charge is 0.147 e. The Bertz CT molecular complexity index is 399. The summed E-state index contributed by atoms with van der Waals surface area (Å²) in [7, 11) is 1.49. The third-order valence-corrected chi connectivity index (χ3v) is 2.52. The lowest BCUT2D eigenvalue weighted by Crippen LogP contribution is -2.24. The van der Waals surface area contributed by atoms with Crippen LogP contribution in [-0.4, -0.2) is 37.4 Å². The van der Waals surface area contributed by atoms with Crippen molar-refractivity contribution in [1.82, 2.24) is 0 Å². The Morgan fingerprint density at radius 3 is 3.12 bits per heavy atom. The summed E-state index contributed by atoms with van der Waals surface area (Å²) in [6.07, 6.45) is -0.219. The predicted molar refractivity (Wildman–Crippen MR) is 61.6 cm³/mol. The van der Waals surface area contributed by atoms with Crippen molar-refractivity contribution in [1.29, 1.82) is 0 Å². The van der Waals surface area contributed by atoms with Crippen LogP contribution in [-0.2, 0) is 20.9 Å². The fourth-order valence-electron chi connectivity index (χ4n) is 1.72. The van der Waals surface area contributed by atoms with E-state index in [1.54, 1.807) is 0 Å². The molecule has 2 rings (SSSR count). The standard InChI is InChI=1S/C12H15NO4/c1-15-13-12(11-7-16-8-17-11)10-4-2-3-9(5-10)6-14/h2-5,11,14H,6-8H2,1H3/t11-/m0/s1. The number of hydrogen-bond donors (Lipinski definition) is 1. The molecule has 1 aliphatic rings. The molecule has 5 heteroatoms. The Morgan fingerprint density at radius 2 is 2.47 bits per heavy atom. The lowest BCUT2D eigenvalue weighted by Gasteiger charge is -2.11. The van der Waals surface area contributed by atoms with Crippen molar-refractivity contribution < 1.29 is 19.4 Å². The number of aliphatic hydroxyl groups is 1. The molecule has 0 unspecified atom stereocenters. The van der Waals surface area contributed by atoms with Crippen LogP contribution in [0.1, 0.15) is 11.1 Å². The average molecular weight is 237 g/mol. The molecule has 0 spiro atoms. The number of aliphatic hydroxyl groups excluding tert-OH is 1. The molecular formula is C12H15NO4. The van der Waals surface area contributed by atoms with Crippen molar-refractivity contribution in [2.45, 2.75) is 12.7 Å². The van der Waals surface area contributed by atoms with E-state index >= 15 is 0 Å². The van der Waals surface area contributed by atoms with Crippen LogP contribution < -0.4 is 0 Å². The van der Waals surface area contributed by atoms with Crippen LogP contribution in [0.4, 0.5) is 0 Å². The van der Waals surface area contributed by atoms with Crippen LogP contribution in [0.15, 0.2) is 29.4 Å². The van der Waals surface area contributed by atoms with Crippen molar-refractivity contribution in [3.05, 3.63) is 35.4 Å². The molecule has 0 bridgehead atoms. The van der Waals surface area contributed by atoms with Crippen molar-refractivity contribution in [2.24, 2.45) is 5.16 Å². The summed E-state index contributed by atoms with van der Waals surface area (Å²) < 4.78 is 10.6. The van der Waals surface area contributed by atoms with E-state index in [0.717, 1.165) is 11.1 Å². The molecule has 17 heavy (non-hydrogen) atoms. The summed E-state index contributed by atoms with van der Waals surface area (Å²) in [5, 5.41) is 13.1. The van der Waals surface area contributed by atoms with Gasteiger partial charge in [-0.1, -0.05) is 23.4 Å². The van der Waals surface area contributed by atoms with Gasteiger partial charge < -0.3 is 19.4 Å². The molecule has 0 radical (unpaired) electrons. The van der Waals surface area contributed by atoms with E-state index in [1.165, 1.54) is 7.11 Å². The molecule has 1 aromatic rings. The first kappa shape index (κ1) is 12.0. The second kappa shape index (κ2) is 5.77. The van der Waals surface area contributed by atoms with Crippen molar-refractivity contribution in [3.63, 3.8) is 0 Å². The first-order chi connectivity index (χ1) is 8.35. The van der Waals surface area contributed by atoms with Crippen LogP contribution in [0.5, 0.6) is 0 Å². The quantitative estimate of drug-likeness (QED) is 0.624. The first-order valence-corrected chi connectivity index (χ1v) is 5.35. The number of hydrogen-bond acceptors (Lipinski definition) is 5. The highest BCUT2D eigenvalue weighted by Gasteiger charge is 2.24. The third-order valence-electron chi connectivity index (χ3n) is 2.52. The maximum atomic E-state index is 9.11. The molecule has 1 aliphatic heterocycles. The van der Waals surface area contributed by atoms with Crippen molar-refractivity contribution in [2.75, 3.05) is 20.5 Å². The summed E-state index contributed by atoms with van der Waals surface area (Å²) in [4.78, 5) is 4.83. The van der Waals surface area contributed by atoms with Crippen molar-refractivity contribution >= 4 is 5.71 Å². The zero-order valence-electron chi connectivity index (χ0n) is 9.63. The molecule has 5 nitrogen and oxygen atoms in total. The Morgan fingerprint density at radius 1 is 1.59 bits per heavy atom. The zero-order valence-corrected chi connectivity index (χ0v) is 9.63.